The van der Waals surface area contributed by atoms with E-state index < -0.39 is 41.5 Å². The van der Waals surface area contributed by atoms with Gasteiger partial charge in [-0.3, -0.25) is 14.4 Å². The Morgan fingerprint density at radius 1 is 0.902 bits per heavy atom. The summed E-state index contributed by atoms with van der Waals surface area (Å²) in [4.78, 5) is 50.4. The summed E-state index contributed by atoms with van der Waals surface area (Å²) < 4.78 is 49.6. The van der Waals surface area contributed by atoms with Gasteiger partial charge in [-0.05, 0) is 84.8 Å². The minimum Gasteiger partial charge on any atom is -0.381 e. The molecule has 51 heavy (non-hydrogen) atoms. The molecule has 1 N–H and O–H groups in total. The molecule has 0 radical (unpaired) electrons. The van der Waals surface area contributed by atoms with E-state index >= 15 is 4.39 Å². The number of thiophene rings is 2. The first-order valence-corrected chi connectivity index (χ1v) is 18.3. The molecule has 0 aliphatic carbocycles. The number of carbonyl (C=O) groups excluding carboxylic acids is 3. The van der Waals surface area contributed by atoms with Crippen LogP contribution in [0, 0.1) is 22.9 Å². The number of aromatic nitrogens is 1. The molecule has 5 aromatic rings. The lowest BCUT2D eigenvalue weighted by Gasteiger charge is -2.53. The van der Waals surface area contributed by atoms with Gasteiger partial charge in [0.1, 0.15) is 23.3 Å². The van der Waals surface area contributed by atoms with Gasteiger partial charge in [0.2, 0.25) is 0 Å². The van der Waals surface area contributed by atoms with Gasteiger partial charge in [-0.2, -0.15) is 0 Å². The van der Waals surface area contributed by atoms with Crippen LogP contribution in [0.1, 0.15) is 54.4 Å². The van der Waals surface area contributed by atoms with Crippen LogP contribution in [0.25, 0.3) is 9.75 Å². The van der Waals surface area contributed by atoms with E-state index in [2.05, 4.69) is 15.2 Å². The van der Waals surface area contributed by atoms with Crippen molar-refractivity contribution in [1.82, 2.24) is 4.98 Å². The molecule has 8 rings (SSSR count). The summed E-state index contributed by atoms with van der Waals surface area (Å²) in [6.45, 7) is 3.29. The van der Waals surface area contributed by atoms with Crippen LogP contribution in [0.2, 0.25) is 0 Å². The average Bonchev–Trinajstić information content (AvgIpc) is 3.74. The van der Waals surface area contributed by atoms with Crippen molar-refractivity contribution in [1.29, 1.82) is 0 Å². The smallest absolute Gasteiger partial charge is 0.261 e. The molecule has 8 nitrogen and oxygen atoms in total. The van der Waals surface area contributed by atoms with Gasteiger partial charge >= 0.3 is 0 Å². The summed E-state index contributed by atoms with van der Waals surface area (Å²) in [6.07, 6.45) is 3.58. The molecule has 1 spiro atoms. The van der Waals surface area contributed by atoms with Crippen molar-refractivity contribution in [2.75, 3.05) is 48.0 Å². The van der Waals surface area contributed by atoms with Gasteiger partial charge in [-0.25, -0.2) is 18.2 Å². The molecule has 2 aromatic carbocycles. The number of ether oxygens (including phenoxy) is 1. The van der Waals surface area contributed by atoms with Crippen molar-refractivity contribution in [3.05, 3.63) is 117 Å². The van der Waals surface area contributed by atoms with Crippen molar-refractivity contribution < 1.29 is 32.3 Å². The summed E-state index contributed by atoms with van der Waals surface area (Å²) in [7, 11) is 0. The molecule has 2 saturated heterocycles. The normalized spacial score (nSPS) is 16.2. The molecule has 3 aromatic heterocycles. The molecule has 2 amide bonds. The highest BCUT2D eigenvalue weighted by Gasteiger charge is 2.45. The number of ketones is 1. The summed E-state index contributed by atoms with van der Waals surface area (Å²) >= 11 is 2.61. The van der Waals surface area contributed by atoms with E-state index in [-0.39, 0.29) is 28.8 Å². The quantitative estimate of drug-likeness (QED) is 0.172. The Bertz CT molecular complexity index is 2170. The van der Waals surface area contributed by atoms with Crippen LogP contribution in [-0.4, -0.2) is 55.4 Å². The number of nitrogens with zero attached hydrogens (tertiary/aromatic N) is 3. The predicted molar refractivity (Wildman–Crippen MR) is 191 cm³/mol. The van der Waals surface area contributed by atoms with E-state index in [1.165, 1.54) is 45.8 Å². The van der Waals surface area contributed by atoms with E-state index in [0.29, 0.717) is 28.4 Å². The monoisotopic (exact) mass is 728 g/mol. The number of benzene rings is 2. The van der Waals surface area contributed by atoms with Crippen LogP contribution >= 0.6 is 22.7 Å². The number of anilines is 3. The number of fused-ring (bicyclic) bond motifs is 3. The fourth-order valence-electron chi connectivity index (χ4n) is 7.11. The maximum Gasteiger partial charge on any atom is 0.261 e. The Balaban J connectivity index is 0.973. The van der Waals surface area contributed by atoms with E-state index in [1.807, 2.05) is 5.38 Å². The third-order valence-electron chi connectivity index (χ3n) is 9.87. The summed E-state index contributed by atoms with van der Waals surface area (Å²) in [5.74, 6) is -3.11. The maximum atomic E-state index is 15.7. The van der Waals surface area contributed by atoms with Crippen LogP contribution < -0.4 is 15.1 Å². The number of amides is 2. The lowest BCUT2D eigenvalue weighted by atomic mass is 9.73. The van der Waals surface area contributed by atoms with E-state index in [1.54, 1.807) is 30.5 Å². The molecule has 6 heterocycles. The summed E-state index contributed by atoms with van der Waals surface area (Å²) in [5.41, 5.74) is 1.75. The van der Waals surface area contributed by atoms with Crippen LogP contribution in [0.5, 0.6) is 0 Å². The second-order valence-corrected chi connectivity index (χ2v) is 15.1. The van der Waals surface area contributed by atoms with Crippen molar-refractivity contribution in [3.8, 4) is 9.75 Å². The van der Waals surface area contributed by atoms with Crippen molar-refractivity contribution in [2.24, 2.45) is 5.41 Å². The lowest BCUT2D eigenvalue weighted by Crippen LogP contribution is -2.59. The fourth-order valence-corrected chi connectivity index (χ4v) is 9.35. The molecular formula is C38H31F3N4O4S2. The molecule has 3 aliphatic rings. The molecule has 2 fully saturated rings. The molecule has 0 unspecified atom stereocenters. The second kappa shape index (κ2) is 13.4. The van der Waals surface area contributed by atoms with E-state index in [9.17, 15) is 23.2 Å². The Morgan fingerprint density at radius 2 is 1.69 bits per heavy atom. The van der Waals surface area contributed by atoms with Crippen LogP contribution in [-0.2, 0) is 17.6 Å². The Hall–Kier alpha value is -4.85. The molecule has 13 heteroatoms. The fraction of sp³-hybridized carbons (Fsp3) is 0.263. The Labute approximate surface area is 299 Å². The standard InChI is InChI=1S/C38H31F3N4O4S2/c39-27-4-1-5-28(40)26(27)19-31(46)32-17-22-8-13-45(30-9-16-50-34(30)33(22)51-32)37(48)24-7-6-23(18-29(24)41)43-36(47)25-3-2-12-42-35(25)44-20-38(21-44)10-14-49-15-11-38/h1-7,9,12,16-18H,8,10-11,13-15,19-21H2,(H,43,47). The third kappa shape index (κ3) is 6.23. The number of pyridine rings is 1. The molecule has 0 atom stereocenters. The van der Waals surface area contributed by atoms with Gasteiger partial charge in [-0.1, -0.05) is 6.07 Å². The number of carbonyl (C=O) groups is 3. The minimum absolute atomic E-state index is 0.150. The third-order valence-corrected chi connectivity index (χ3v) is 12.2. The number of Topliss-reactive ketones (excluding diaryl/α,β-unsaturated/α-hetero) is 1. The maximum absolute atomic E-state index is 15.7. The molecule has 0 bridgehead atoms. The average molecular weight is 729 g/mol. The number of hydrogen-bond donors (Lipinski definition) is 1. The number of hydrogen-bond acceptors (Lipinski definition) is 8. The molecule has 0 saturated carbocycles. The first-order valence-electron chi connectivity index (χ1n) is 16.6. The molecular weight excluding hydrogens is 698 g/mol. The predicted octanol–water partition coefficient (Wildman–Crippen LogP) is 7.79. The SMILES string of the molecule is O=C(Cc1c(F)cccc1F)c1cc2c(s1)-c1sccc1N(C(=O)c1ccc(NC(=O)c3cccnc3N3CC4(CCOCC4)C3)cc1F)CC2. The van der Waals surface area contributed by atoms with Crippen LogP contribution in [0.4, 0.5) is 30.4 Å². The minimum atomic E-state index is -0.780. The van der Waals surface area contributed by atoms with E-state index in [0.717, 1.165) is 72.7 Å². The van der Waals surface area contributed by atoms with Gasteiger partial charge in [0.25, 0.3) is 11.8 Å². The zero-order valence-electron chi connectivity index (χ0n) is 27.2. The highest BCUT2D eigenvalue weighted by Crippen LogP contribution is 2.46. The highest BCUT2D eigenvalue weighted by molar-refractivity contribution is 7.23. The Morgan fingerprint density at radius 3 is 2.45 bits per heavy atom. The highest BCUT2D eigenvalue weighted by atomic mass is 32.1. The first kappa shape index (κ1) is 33.3. The van der Waals surface area contributed by atoms with Gasteiger partial charge in [0, 0.05) is 62.1 Å². The van der Waals surface area contributed by atoms with Crippen molar-refractivity contribution in [3.63, 3.8) is 0 Å². The Kier molecular flexibility index (Phi) is 8.73. The van der Waals surface area contributed by atoms with Crippen molar-refractivity contribution >= 4 is 57.5 Å². The summed E-state index contributed by atoms with van der Waals surface area (Å²) in [6, 6.07) is 14.4. The van der Waals surface area contributed by atoms with E-state index in [4.69, 9.17) is 4.74 Å². The van der Waals surface area contributed by atoms with Gasteiger partial charge in [0.15, 0.2) is 5.78 Å². The summed E-state index contributed by atoms with van der Waals surface area (Å²) in [5, 5.41) is 4.59. The van der Waals surface area contributed by atoms with Crippen LogP contribution in [0.15, 0.2) is 72.2 Å². The van der Waals surface area contributed by atoms with Crippen LogP contribution in [0.3, 0.4) is 0 Å². The zero-order valence-corrected chi connectivity index (χ0v) is 28.9. The largest absolute Gasteiger partial charge is 0.381 e. The molecule has 260 valence electrons. The molecule has 3 aliphatic heterocycles. The lowest BCUT2D eigenvalue weighted by molar-refractivity contribution is -0.000510. The number of halogens is 3. The second-order valence-electron chi connectivity index (χ2n) is 13.1. The van der Waals surface area contributed by atoms with Gasteiger partial charge in [0.05, 0.1) is 31.4 Å². The van der Waals surface area contributed by atoms with Gasteiger partial charge in [-0.15, -0.1) is 22.7 Å². The topological polar surface area (TPSA) is 91.8 Å². The number of nitrogens with one attached hydrogen (secondary N) is 1. The first-order chi connectivity index (χ1) is 24.7. The number of rotatable bonds is 7. The zero-order chi connectivity index (χ0) is 35.3. The van der Waals surface area contributed by atoms with Gasteiger partial charge < -0.3 is 19.9 Å². The van der Waals surface area contributed by atoms with Crippen molar-refractivity contribution in [2.45, 2.75) is 25.7 Å².